The molecule has 98 valence electrons. The summed E-state index contributed by atoms with van der Waals surface area (Å²) in [5.74, 6) is 0.304. The minimum Gasteiger partial charge on any atom is -0.360 e. The lowest BCUT2D eigenvalue weighted by Gasteiger charge is -2.04. The third-order valence-electron chi connectivity index (χ3n) is 2.38. The molecule has 18 heavy (non-hydrogen) atoms. The highest BCUT2D eigenvalue weighted by Crippen LogP contribution is 2.18. The molecular weight excluding hydrogens is 274 g/mol. The molecule has 0 saturated carbocycles. The van der Waals surface area contributed by atoms with Crippen molar-refractivity contribution in [2.24, 2.45) is 0 Å². The Kier molecular flexibility index (Phi) is 3.79. The Morgan fingerprint density at radius 1 is 1.44 bits per heavy atom. The Labute approximate surface area is 109 Å². The monoisotopic (exact) mass is 287 g/mol. The Hall–Kier alpha value is -1.25. The molecule has 0 aliphatic carbocycles. The van der Waals surface area contributed by atoms with Crippen molar-refractivity contribution in [2.75, 3.05) is 6.54 Å². The molecule has 0 radical (unpaired) electrons. The first-order valence-electron chi connectivity index (χ1n) is 5.30. The highest BCUT2D eigenvalue weighted by Gasteiger charge is 2.23. The van der Waals surface area contributed by atoms with Gasteiger partial charge in [0, 0.05) is 17.6 Å². The Morgan fingerprint density at radius 3 is 2.78 bits per heavy atom. The first-order chi connectivity index (χ1) is 8.50. The predicted molar refractivity (Wildman–Crippen MR) is 67.0 cm³/mol. The van der Waals surface area contributed by atoms with E-state index in [0.717, 1.165) is 4.88 Å². The molecule has 2 rings (SSSR count). The molecule has 0 atom stereocenters. The summed E-state index contributed by atoms with van der Waals surface area (Å²) >= 11 is 1.50. The van der Waals surface area contributed by atoms with Gasteiger partial charge in [0.2, 0.25) is 10.0 Å². The first-order valence-corrected chi connectivity index (χ1v) is 7.67. The Morgan fingerprint density at radius 2 is 2.22 bits per heavy atom. The van der Waals surface area contributed by atoms with Crippen molar-refractivity contribution >= 4 is 21.4 Å². The maximum Gasteiger partial charge on any atom is 0.245 e. The van der Waals surface area contributed by atoms with Crippen LogP contribution in [-0.4, -0.2) is 25.1 Å². The summed E-state index contributed by atoms with van der Waals surface area (Å²) < 4.78 is 31.5. The molecule has 2 aromatic rings. The van der Waals surface area contributed by atoms with Crippen molar-refractivity contribution in [1.29, 1.82) is 0 Å². The first kappa shape index (κ1) is 13.2. The van der Waals surface area contributed by atoms with Crippen molar-refractivity contribution in [3.63, 3.8) is 0 Å². The van der Waals surface area contributed by atoms with Gasteiger partial charge in [-0.05, 0) is 20.3 Å². The fourth-order valence-electron chi connectivity index (χ4n) is 1.60. The number of nitrogens with zero attached hydrogens (tertiary/aromatic N) is 2. The second kappa shape index (κ2) is 5.17. The van der Waals surface area contributed by atoms with Gasteiger partial charge >= 0.3 is 0 Å². The zero-order valence-corrected chi connectivity index (χ0v) is 11.6. The van der Waals surface area contributed by atoms with Crippen molar-refractivity contribution in [3.05, 3.63) is 28.0 Å². The molecular formula is C10H13N3O3S2. The van der Waals surface area contributed by atoms with Gasteiger partial charge in [-0.1, -0.05) is 5.16 Å². The van der Waals surface area contributed by atoms with E-state index in [1.165, 1.54) is 11.3 Å². The average Bonchev–Trinajstić information content (AvgIpc) is 2.89. The predicted octanol–water partition coefficient (Wildman–Crippen LogP) is 1.27. The molecule has 1 N–H and O–H groups in total. The van der Waals surface area contributed by atoms with Crippen LogP contribution in [0.2, 0.25) is 0 Å². The van der Waals surface area contributed by atoms with Gasteiger partial charge in [0.1, 0.15) is 10.6 Å². The van der Waals surface area contributed by atoms with Gasteiger partial charge < -0.3 is 4.52 Å². The maximum atomic E-state index is 12.0. The summed E-state index contributed by atoms with van der Waals surface area (Å²) in [6, 6.07) is 0. The topological polar surface area (TPSA) is 85.1 Å². The standard InChI is InChI=1S/C10H13N3O3S2/c1-7-10(8(2)16-13-7)18(14,15)12-4-3-9-5-11-6-17-9/h5-6,12H,3-4H2,1-2H3. The van der Waals surface area contributed by atoms with E-state index in [9.17, 15) is 8.42 Å². The van der Waals surface area contributed by atoms with Gasteiger partial charge in [-0.25, -0.2) is 13.1 Å². The summed E-state index contributed by atoms with van der Waals surface area (Å²) in [4.78, 5) is 5.10. The van der Waals surface area contributed by atoms with Crippen molar-refractivity contribution in [3.8, 4) is 0 Å². The average molecular weight is 287 g/mol. The number of hydrogen-bond acceptors (Lipinski definition) is 6. The van der Waals surface area contributed by atoms with Crippen molar-refractivity contribution in [1.82, 2.24) is 14.9 Å². The number of aryl methyl sites for hydroxylation is 2. The van der Waals surface area contributed by atoms with Crippen LogP contribution < -0.4 is 4.72 Å². The lowest BCUT2D eigenvalue weighted by atomic mass is 10.4. The van der Waals surface area contributed by atoms with E-state index >= 15 is 0 Å². The summed E-state index contributed by atoms with van der Waals surface area (Å²) in [5.41, 5.74) is 2.09. The molecule has 0 spiro atoms. The van der Waals surface area contributed by atoms with Crippen molar-refractivity contribution < 1.29 is 12.9 Å². The lowest BCUT2D eigenvalue weighted by Crippen LogP contribution is -2.26. The minimum atomic E-state index is -3.55. The van der Waals surface area contributed by atoms with Gasteiger partial charge in [0.15, 0.2) is 5.76 Å². The lowest BCUT2D eigenvalue weighted by molar-refractivity contribution is 0.390. The third kappa shape index (κ3) is 2.77. The molecule has 0 aliphatic rings. The molecule has 0 aromatic carbocycles. The summed E-state index contributed by atoms with van der Waals surface area (Å²) in [5, 5.41) is 3.64. The van der Waals surface area contributed by atoms with Crippen LogP contribution in [0.5, 0.6) is 0 Å². The largest absolute Gasteiger partial charge is 0.360 e. The van der Waals surface area contributed by atoms with E-state index in [4.69, 9.17) is 4.52 Å². The third-order valence-corrected chi connectivity index (χ3v) is 4.93. The van der Waals surface area contributed by atoms with Crippen LogP contribution in [0.25, 0.3) is 0 Å². The van der Waals surface area contributed by atoms with Gasteiger partial charge in [-0.3, -0.25) is 4.98 Å². The van der Waals surface area contributed by atoms with E-state index in [2.05, 4.69) is 14.9 Å². The second-order valence-corrected chi connectivity index (χ2v) is 6.44. The van der Waals surface area contributed by atoms with Crippen LogP contribution in [0.3, 0.4) is 0 Å². The molecule has 0 unspecified atom stereocenters. The zero-order valence-electron chi connectivity index (χ0n) is 10.0. The molecule has 0 aliphatic heterocycles. The SMILES string of the molecule is Cc1noc(C)c1S(=O)(=O)NCCc1cncs1. The fourth-order valence-corrected chi connectivity index (χ4v) is 3.56. The fraction of sp³-hybridized carbons (Fsp3) is 0.400. The van der Waals surface area contributed by atoms with Gasteiger partial charge in [-0.15, -0.1) is 11.3 Å². The van der Waals surface area contributed by atoms with Gasteiger partial charge in [-0.2, -0.15) is 0 Å². The molecule has 2 heterocycles. The van der Waals surface area contributed by atoms with Crippen LogP contribution in [0.4, 0.5) is 0 Å². The van der Waals surface area contributed by atoms with Gasteiger partial charge in [0.05, 0.1) is 5.51 Å². The second-order valence-electron chi connectivity index (χ2n) is 3.77. The van der Waals surface area contributed by atoms with Crippen LogP contribution in [0, 0.1) is 13.8 Å². The van der Waals surface area contributed by atoms with Gasteiger partial charge in [0.25, 0.3) is 0 Å². The van der Waals surface area contributed by atoms with E-state index in [1.807, 2.05) is 0 Å². The number of hydrogen-bond donors (Lipinski definition) is 1. The van der Waals surface area contributed by atoms with Crippen LogP contribution in [0.15, 0.2) is 21.1 Å². The van der Waals surface area contributed by atoms with Crippen LogP contribution in [0.1, 0.15) is 16.3 Å². The minimum absolute atomic E-state index is 0.131. The number of rotatable bonds is 5. The molecule has 0 bridgehead atoms. The van der Waals surface area contributed by atoms with E-state index in [-0.39, 0.29) is 4.90 Å². The molecule has 0 fully saturated rings. The van der Waals surface area contributed by atoms with Crippen LogP contribution in [-0.2, 0) is 16.4 Å². The highest BCUT2D eigenvalue weighted by atomic mass is 32.2. The molecule has 6 nitrogen and oxygen atoms in total. The molecule has 0 amide bonds. The highest BCUT2D eigenvalue weighted by molar-refractivity contribution is 7.89. The van der Waals surface area contributed by atoms with E-state index in [0.29, 0.717) is 24.4 Å². The Bertz CT molecular complexity index is 597. The van der Waals surface area contributed by atoms with Crippen molar-refractivity contribution in [2.45, 2.75) is 25.2 Å². The maximum absolute atomic E-state index is 12.0. The number of aromatic nitrogens is 2. The summed E-state index contributed by atoms with van der Waals surface area (Å²) in [7, 11) is -3.55. The molecule has 0 saturated heterocycles. The number of thiazole rings is 1. The molecule has 2 aromatic heterocycles. The number of nitrogens with one attached hydrogen (secondary N) is 1. The normalized spacial score (nSPS) is 11.9. The van der Waals surface area contributed by atoms with E-state index < -0.39 is 10.0 Å². The zero-order chi connectivity index (χ0) is 13.2. The quantitative estimate of drug-likeness (QED) is 0.895. The van der Waals surface area contributed by atoms with Crippen LogP contribution >= 0.6 is 11.3 Å². The van der Waals surface area contributed by atoms with E-state index in [1.54, 1.807) is 25.6 Å². The summed E-state index contributed by atoms with van der Waals surface area (Å²) in [6.45, 7) is 3.51. The number of sulfonamides is 1. The summed E-state index contributed by atoms with van der Waals surface area (Å²) in [6.07, 6.45) is 2.35. The molecule has 8 heteroatoms. The Balaban J connectivity index is 2.04. The smallest absolute Gasteiger partial charge is 0.245 e.